The van der Waals surface area contributed by atoms with Crippen LogP contribution in [0.3, 0.4) is 0 Å². The third-order valence-electron chi connectivity index (χ3n) is 3.14. The Morgan fingerprint density at radius 3 is 2.62 bits per heavy atom. The van der Waals surface area contributed by atoms with Crippen molar-refractivity contribution in [1.82, 2.24) is 10.1 Å². The van der Waals surface area contributed by atoms with Crippen LogP contribution in [-0.2, 0) is 12.8 Å². The van der Waals surface area contributed by atoms with E-state index in [1.165, 1.54) is 5.56 Å². The maximum atomic E-state index is 9.68. The highest BCUT2D eigenvalue weighted by Crippen LogP contribution is 2.29. The van der Waals surface area contributed by atoms with Crippen LogP contribution in [0, 0.1) is 0 Å². The Morgan fingerprint density at radius 1 is 1.05 bits per heavy atom. The maximum Gasteiger partial charge on any atom is 0.258 e. The summed E-state index contributed by atoms with van der Waals surface area (Å²) in [5.41, 5.74) is 1.94. The summed E-state index contributed by atoms with van der Waals surface area (Å²) in [6.07, 6.45) is 1.58. The topological polar surface area (TPSA) is 59.2 Å². The van der Waals surface area contributed by atoms with Crippen molar-refractivity contribution in [3.8, 4) is 17.2 Å². The van der Waals surface area contributed by atoms with Gasteiger partial charge >= 0.3 is 0 Å². The van der Waals surface area contributed by atoms with Gasteiger partial charge in [-0.05, 0) is 46.1 Å². The third-order valence-corrected chi connectivity index (χ3v) is 3.81. The van der Waals surface area contributed by atoms with Crippen LogP contribution in [-0.4, -0.2) is 15.2 Å². The molecule has 0 unspecified atom stereocenters. The highest BCUT2D eigenvalue weighted by molar-refractivity contribution is 9.10. The van der Waals surface area contributed by atoms with Crippen LogP contribution in [0.25, 0.3) is 11.5 Å². The molecule has 0 atom stereocenters. The fourth-order valence-electron chi connectivity index (χ4n) is 2.02. The van der Waals surface area contributed by atoms with Crippen LogP contribution in [0.5, 0.6) is 5.75 Å². The van der Waals surface area contributed by atoms with Crippen molar-refractivity contribution in [3.05, 3.63) is 64.4 Å². The fraction of sp³-hybridized carbons (Fsp3) is 0.125. The van der Waals surface area contributed by atoms with E-state index in [0.717, 1.165) is 12.8 Å². The smallest absolute Gasteiger partial charge is 0.258 e. The summed E-state index contributed by atoms with van der Waals surface area (Å²) in [7, 11) is 0. The molecular weight excluding hydrogens is 332 g/mol. The molecule has 2 aromatic carbocycles. The zero-order valence-corrected chi connectivity index (χ0v) is 12.7. The lowest BCUT2D eigenvalue weighted by molar-refractivity contribution is 0.421. The van der Waals surface area contributed by atoms with Gasteiger partial charge in [0.1, 0.15) is 5.75 Å². The fourth-order valence-corrected chi connectivity index (χ4v) is 2.27. The standard InChI is InChI=1S/C16H13BrN2O2/c17-13-8-7-12(10-14(13)20)16-18-15(19-21-16)9-6-11-4-2-1-3-5-11/h1-5,7-8,10,20H,6,9H2. The van der Waals surface area contributed by atoms with Crippen molar-refractivity contribution in [2.45, 2.75) is 12.8 Å². The largest absolute Gasteiger partial charge is 0.507 e. The molecule has 0 spiro atoms. The van der Waals surface area contributed by atoms with E-state index in [1.807, 2.05) is 24.3 Å². The molecule has 0 aliphatic heterocycles. The van der Waals surface area contributed by atoms with E-state index >= 15 is 0 Å². The molecule has 0 bridgehead atoms. The molecule has 3 aromatic rings. The minimum Gasteiger partial charge on any atom is -0.507 e. The Kier molecular flexibility index (Phi) is 4.01. The zero-order valence-electron chi connectivity index (χ0n) is 11.2. The Hall–Kier alpha value is -2.14. The Labute approximate surface area is 130 Å². The number of aryl methyl sites for hydroxylation is 2. The van der Waals surface area contributed by atoms with Gasteiger partial charge in [-0.3, -0.25) is 0 Å². The monoisotopic (exact) mass is 344 g/mol. The molecule has 0 fully saturated rings. The number of rotatable bonds is 4. The molecule has 3 rings (SSSR count). The first-order valence-corrected chi connectivity index (χ1v) is 7.37. The molecule has 0 aliphatic rings. The van der Waals surface area contributed by atoms with E-state index in [-0.39, 0.29) is 5.75 Å². The number of nitrogens with zero attached hydrogens (tertiary/aromatic N) is 2. The lowest BCUT2D eigenvalue weighted by Gasteiger charge is -1.98. The first-order chi connectivity index (χ1) is 10.2. The van der Waals surface area contributed by atoms with Gasteiger partial charge in [-0.1, -0.05) is 35.5 Å². The second-order valence-electron chi connectivity index (χ2n) is 4.67. The van der Waals surface area contributed by atoms with E-state index in [9.17, 15) is 5.11 Å². The van der Waals surface area contributed by atoms with E-state index in [1.54, 1.807) is 12.1 Å². The van der Waals surface area contributed by atoms with Crippen molar-refractivity contribution < 1.29 is 9.63 Å². The molecule has 0 radical (unpaired) electrons. The molecule has 0 saturated heterocycles. The predicted octanol–water partition coefficient (Wildman–Crippen LogP) is 3.99. The first-order valence-electron chi connectivity index (χ1n) is 6.58. The molecule has 4 nitrogen and oxygen atoms in total. The van der Waals surface area contributed by atoms with Crippen molar-refractivity contribution >= 4 is 15.9 Å². The number of aromatic nitrogens is 2. The van der Waals surface area contributed by atoms with Crippen LogP contribution in [0.2, 0.25) is 0 Å². The first kappa shape index (κ1) is 13.8. The molecule has 21 heavy (non-hydrogen) atoms. The molecule has 1 aromatic heterocycles. The van der Waals surface area contributed by atoms with Crippen molar-refractivity contribution in [3.63, 3.8) is 0 Å². The number of halogens is 1. The summed E-state index contributed by atoms with van der Waals surface area (Å²) in [6.45, 7) is 0. The van der Waals surface area contributed by atoms with Gasteiger partial charge in [0.15, 0.2) is 5.82 Å². The van der Waals surface area contributed by atoms with Crippen molar-refractivity contribution in [1.29, 1.82) is 0 Å². The molecule has 0 saturated carbocycles. The molecule has 0 amide bonds. The predicted molar refractivity (Wildman–Crippen MR) is 82.9 cm³/mol. The van der Waals surface area contributed by atoms with Gasteiger partial charge in [-0.2, -0.15) is 4.98 Å². The Balaban J connectivity index is 1.72. The van der Waals surface area contributed by atoms with Crippen LogP contribution < -0.4 is 0 Å². The normalized spacial score (nSPS) is 10.7. The van der Waals surface area contributed by atoms with Crippen LogP contribution in [0.1, 0.15) is 11.4 Å². The van der Waals surface area contributed by atoms with E-state index < -0.39 is 0 Å². The quantitative estimate of drug-likeness (QED) is 0.777. The summed E-state index contributed by atoms with van der Waals surface area (Å²) in [5, 5.41) is 13.7. The third kappa shape index (κ3) is 3.31. The average molecular weight is 345 g/mol. The lowest BCUT2D eigenvalue weighted by Crippen LogP contribution is -1.93. The number of hydrogen-bond donors (Lipinski definition) is 1. The number of phenolic OH excluding ortho intramolecular Hbond substituents is 1. The molecule has 1 heterocycles. The molecule has 106 valence electrons. The number of hydrogen-bond acceptors (Lipinski definition) is 4. The van der Waals surface area contributed by atoms with Gasteiger partial charge in [0, 0.05) is 12.0 Å². The van der Waals surface area contributed by atoms with E-state index in [4.69, 9.17) is 4.52 Å². The lowest BCUT2D eigenvalue weighted by atomic mass is 10.1. The van der Waals surface area contributed by atoms with Crippen LogP contribution >= 0.6 is 15.9 Å². The summed E-state index contributed by atoms with van der Waals surface area (Å²) in [6, 6.07) is 15.3. The van der Waals surface area contributed by atoms with Gasteiger partial charge in [-0.15, -0.1) is 0 Å². The van der Waals surface area contributed by atoms with Crippen molar-refractivity contribution in [2.24, 2.45) is 0 Å². The van der Waals surface area contributed by atoms with Gasteiger partial charge < -0.3 is 9.63 Å². The van der Waals surface area contributed by atoms with E-state index in [0.29, 0.717) is 21.8 Å². The second kappa shape index (κ2) is 6.10. The number of phenols is 1. The van der Waals surface area contributed by atoms with Gasteiger partial charge in [0.2, 0.25) is 0 Å². The molecular formula is C16H13BrN2O2. The highest BCUT2D eigenvalue weighted by atomic mass is 79.9. The second-order valence-corrected chi connectivity index (χ2v) is 5.52. The highest BCUT2D eigenvalue weighted by Gasteiger charge is 2.10. The number of aromatic hydroxyl groups is 1. The Bertz CT molecular complexity index is 741. The van der Waals surface area contributed by atoms with Gasteiger partial charge in [-0.25, -0.2) is 0 Å². The summed E-state index contributed by atoms with van der Waals surface area (Å²) >= 11 is 3.24. The minimum absolute atomic E-state index is 0.150. The van der Waals surface area contributed by atoms with Crippen LogP contribution in [0.15, 0.2) is 57.5 Å². The molecule has 0 aliphatic carbocycles. The van der Waals surface area contributed by atoms with Gasteiger partial charge in [0.25, 0.3) is 5.89 Å². The van der Waals surface area contributed by atoms with E-state index in [2.05, 4.69) is 38.2 Å². The minimum atomic E-state index is 0.150. The van der Waals surface area contributed by atoms with Crippen molar-refractivity contribution in [2.75, 3.05) is 0 Å². The van der Waals surface area contributed by atoms with Gasteiger partial charge in [0.05, 0.1) is 4.47 Å². The Morgan fingerprint density at radius 2 is 1.86 bits per heavy atom. The zero-order chi connectivity index (χ0) is 14.7. The molecule has 5 heteroatoms. The maximum absolute atomic E-state index is 9.68. The average Bonchev–Trinajstić information content (AvgIpc) is 2.98. The summed E-state index contributed by atoms with van der Waals surface area (Å²) < 4.78 is 5.88. The number of benzene rings is 2. The van der Waals surface area contributed by atoms with Crippen LogP contribution in [0.4, 0.5) is 0 Å². The summed E-state index contributed by atoms with van der Waals surface area (Å²) in [4.78, 5) is 4.36. The molecule has 1 N–H and O–H groups in total. The SMILES string of the molecule is Oc1cc(-c2nc(CCc3ccccc3)no2)ccc1Br. The summed E-state index contributed by atoms with van der Waals surface area (Å²) in [5.74, 6) is 1.23.